The van der Waals surface area contributed by atoms with Gasteiger partial charge in [-0.2, -0.15) is 5.10 Å². The summed E-state index contributed by atoms with van der Waals surface area (Å²) in [5, 5.41) is 8.69. The maximum Gasteiger partial charge on any atom is 0.343 e. The molecule has 2 amide bonds. The first-order valence-corrected chi connectivity index (χ1v) is 11.0. The van der Waals surface area contributed by atoms with Crippen LogP contribution in [-0.4, -0.2) is 30.5 Å². The van der Waals surface area contributed by atoms with Crippen molar-refractivity contribution < 1.29 is 19.1 Å². The molecule has 4 aromatic rings. The normalized spacial score (nSPS) is 10.8. The van der Waals surface area contributed by atoms with Crippen LogP contribution < -0.4 is 15.5 Å². The summed E-state index contributed by atoms with van der Waals surface area (Å²) in [7, 11) is 0. The molecule has 4 rings (SSSR count). The third-order valence-electron chi connectivity index (χ3n) is 5.00. The van der Waals surface area contributed by atoms with E-state index >= 15 is 0 Å². The molecule has 0 saturated carbocycles. The van der Waals surface area contributed by atoms with Crippen molar-refractivity contribution in [3.8, 4) is 5.75 Å². The molecule has 2 N–H and O–H groups in total. The molecule has 0 bridgehead atoms. The lowest BCUT2D eigenvalue weighted by Crippen LogP contribution is -2.35. The van der Waals surface area contributed by atoms with Gasteiger partial charge in [-0.15, -0.1) is 0 Å². The molecule has 0 unspecified atom stereocenters. The number of nitrogens with one attached hydrogen (secondary N) is 2. The number of hydrogen-bond acceptors (Lipinski definition) is 5. The Morgan fingerprint density at radius 1 is 0.886 bits per heavy atom. The summed E-state index contributed by atoms with van der Waals surface area (Å²) in [6.45, 7) is -0.224. The highest BCUT2D eigenvalue weighted by Gasteiger charge is 2.11. The van der Waals surface area contributed by atoms with Gasteiger partial charge in [0.05, 0.1) is 18.3 Å². The fourth-order valence-corrected chi connectivity index (χ4v) is 3.49. The third kappa shape index (κ3) is 6.31. The van der Waals surface area contributed by atoms with Crippen LogP contribution in [0.25, 0.3) is 10.8 Å². The molecule has 4 aromatic carbocycles. The molecule has 0 saturated heterocycles. The van der Waals surface area contributed by atoms with Crippen molar-refractivity contribution in [2.75, 3.05) is 6.54 Å². The van der Waals surface area contributed by atoms with Crippen LogP contribution in [0.3, 0.4) is 0 Å². The highest BCUT2D eigenvalue weighted by atomic mass is 35.5. The molecule has 0 aliphatic carbocycles. The highest BCUT2D eigenvalue weighted by molar-refractivity contribution is 6.30. The zero-order chi connectivity index (χ0) is 24.6. The van der Waals surface area contributed by atoms with Gasteiger partial charge in [0.25, 0.3) is 11.8 Å². The van der Waals surface area contributed by atoms with E-state index in [-0.39, 0.29) is 12.5 Å². The van der Waals surface area contributed by atoms with E-state index in [1.54, 1.807) is 54.6 Å². The minimum Gasteiger partial charge on any atom is -0.423 e. The second kappa shape index (κ2) is 11.1. The van der Waals surface area contributed by atoms with Gasteiger partial charge in [0.1, 0.15) is 5.75 Å². The van der Waals surface area contributed by atoms with Gasteiger partial charge in [-0.3, -0.25) is 9.59 Å². The molecule has 0 aromatic heterocycles. The summed E-state index contributed by atoms with van der Waals surface area (Å²) in [6.07, 6.45) is 1.44. The van der Waals surface area contributed by atoms with Crippen molar-refractivity contribution in [2.24, 2.45) is 5.10 Å². The molecule has 0 fully saturated rings. The van der Waals surface area contributed by atoms with Gasteiger partial charge in [0.15, 0.2) is 0 Å². The molecule has 0 atom stereocenters. The Morgan fingerprint density at radius 2 is 1.63 bits per heavy atom. The number of amides is 2. The number of benzene rings is 4. The quantitative estimate of drug-likeness (QED) is 0.173. The molecule has 0 aliphatic heterocycles. The van der Waals surface area contributed by atoms with Gasteiger partial charge in [-0.25, -0.2) is 10.2 Å². The number of rotatable bonds is 7. The minimum atomic E-state index is -0.522. The van der Waals surface area contributed by atoms with Gasteiger partial charge in [0.2, 0.25) is 0 Å². The van der Waals surface area contributed by atoms with E-state index in [0.29, 0.717) is 27.5 Å². The molecule has 0 spiro atoms. The standard InChI is InChI=1S/C27H20ClN3O4/c28-21-8-3-7-20(15-21)27(34)35-22-13-11-18(12-14-22)16-30-31-25(32)17-29-26(33)24-10-4-6-19-5-1-2-9-23(19)24/h1-16H,17H2,(H,29,33)(H,31,32). The number of nitrogens with zero attached hydrogens (tertiary/aromatic N) is 1. The van der Waals surface area contributed by atoms with Crippen molar-refractivity contribution in [1.29, 1.82) is 0 Å². The van der Waals surface area contributed by atoms with Gasteiger partial charge in [-0.1, -0.05) is 54.1 Å². The summed E-state index contributed by atoms with van der Waals surface area (Å²) in [5.74, 6) is -0.982. The summed E-state index contributed by atoms with van der Waals surface area (Å²) in [6, 6.07) is 26.0. The Balaban J connectivity index is 1.26. The van der Waals surface area contributed by atoms with Gasteiger partial charge < -0.3 is 10.1 Å². The number of halogens is 1. The molecule has 174 valence electrons. The van der Waals surface area contributed by atoms with Gasteiger partial charge >= 0.3 is 5.97 Å². The largest absolute Gasteiger partial charge is 0.423 e. The molecular weight excluding hydrogens is 466 g/mol. The van der Waals surface area contributed by atoms with Crippen LogP contribution in [0.1, 0.15) is 26.3 Å². The summed E-state index contributed by atoms with van der Waals surface area (Å²) in [4.78, 5) is 36.7. The summed E-state index contributed by atoms with van der Waals surface area (Å²) >= 11 is 5.89. The average molecular weight is 486 g/mol. The Hall–Kier alpha value is -4.49. The number of esters is 1. The smallest absolute Gasteiger partial charge is 0.343 e. The predicted molar refractivity (Wildman–Crippen MR) is 135 cm³/mol. The van der Waals surface area contributed by atoms with Crippen LogP contribution in [0.15, 0.2) is 96.1 Å². The van der Waals surface area contributed by atoms with Gasteiger partial charge in [-0.05, 0) is 64.9 Å². The number of fused-ring (bicyclic) bond motifs is 1. The number of carbonyl (C=O) groups excluding carboxylic acids is 3. The Bertz CT molecular complexity index is 1410. The molecule has 0 heterocycles. The third-order valence-corrected chi connectivity index (χ3v) is 5.23. The lowest BCUT2D eigenvalue weighted by atomic mass is 10.0. The monoisotopic (exact) mass is 485 g/mol. The molecular formula is C27H20ClN3O4. The van der Waals surface area contributed by atoms with E-state index in [4.69, 9.17) is 16.3 Å². The maximum atomic E-state index is 12.5. The second-order valence-corrected chi connectivity index (χ2v) is 7.91. The van der Waals surface area contributed by atoms with Crippen molar-refractivity contribution >= 4 is 46.4 Å². The highest BCUT2D eigenvalue weighted by Crippen LogP contribution is 2.18. The van der Waals surface area contributed by atoms with E-state index in [2.05, 4.69) is 15.8 Å². The zero-order valence-electron chi connectivity index (χ0n) is 18.4. The first-order valence-electron chi connectivity index (χ1n) is 10.7. The lowest BCUT2D eigenvalue weighted by Gasteiger charge is -2.07. The molecule has 7 nitrogen and oxygen atoms in total. The number of carbonyl (C=O) groups is 3. The molecule has 0 aliphatic rings. The predicted octanol–water partition coefficient (Wildman–Crippen LogP) is 4.59. The Kier molecular flexibility index (Phi) is 7.50. The van der Waals surface area contributed by atoms with Crippen molar-refractivity contribution in [2.45, 2.75) is 0 Å². The van der Waals surface area contributed by atoms with E-state index in [0.717, 1.165) is 10.8 Å². The van der Waals surface area contributed by atoms with Crippen LogP contribution in [0.5, 0.6) is 5.75 Å². The fraction of sp³-hybridized carbons (Fsp3) is 0.0370. The maximum absolute atomic E-state index is 12.5. The molecule has 0 radical (unpaired) electrons. The van der Waals surface area contributed by atoms with Crippen molar-refractivity contribution in [3.63, 3.8) is 0 Å². The first kappa shape index (κ1) is 23.7. The number of hydrogen-bond donors (Lipinski definition) is 2. The number of hydrazone groups is 1. The van der Waals surface area contributed by atoms with Crippen LogP contribution in [0.2, 0.25) is 5.02 Å². The van der Waals surface area contributed by atoms with Crippen molar-refractivity contribution in [1.82, 2.24) is 10.7 Å². The average Bonchev–Trinajstić information content (AvgIpc) is 2.88. The van der Waals surface area contributed by atoms with Crippen LogP contribution >= 0.6 is 11.6 Å². The summed E-state index contributed by atoms with van der Waals surface area (Å²) < 4.78 is 5.32. The topological polar surface area (TPSA) is 96.9 Å². The molecule has 35 heavy (non-hydrogen) atoms. The lowest BCUT2D eigenvalue weighted by molar-refractivity contribution is -0.120. The van der Waals surface area contributed by atoms with E-state index in [1.165, 1.54) is 12.3 Å². The van der Waals surface area contributed by atoms with Crippen LogP contribution in [0, 0.1) is 0 Å². The zero-order valence-corrected chi connectivity index (χ0v) is 19.2. The van der Waals surface area contributed by atoms with E-state index < -0.39 is 11.9 Å². The van der Waals surface area contributed by atoms with Gasteiger partial charge in [0, 0.05) is 10.6 Å². The second-order valence-electron chi connectivity index (χ2n) is 7.47. The fourth-order valence-electron chi connectivity index (χ4n) is 3.30. The van der Waals surface area contributed by atoms with Crippen molar-refractivity contribution in [3.05, 3.63) is 113 Å². The Labute approximate surface area is 206 Å². The summed E-state index contributed by atoms with van der Waals surface area (Å²) in [5.41, 5.74) is 3.88. The Morgan fingerprint density at radius 3 is 2.43 bits per heavy atom. The number of ether oxygens (including phenoxy) is 1. The SMILES string of the molecule is O=C(CNC(=O)c1cccc2ccccc12)NN=Cc1ccc(OC(=O)c2cccc(Cl)c2)cc1. The van der Waals surface area contributed by atoms with Crippen LogP contribution in [-0.2, 0) is 4.79 Å². The first-order chi connectivity index (χ1) is 17.0. The van der Waals surface area contributed by atoms with Crippen LogP contribution in [0.4, 0.5) is 0 Å². The molecule has 8 heteroatoms. The van der Waals surface area contributed by atoms with E-state index in [9.17, 15) is 14.4 Å². The van der Waals surface area contributed by atoms with E-state index in [1.807, 2.05) is 30.3 Å². The minimum absolute atomic E-state index is 0.224.